The summed E-state index contributed by atoms with van der Waals surface area (Å²) in [4.78, 5) is 33.3. The Kier molecular flexibility index (Phi) is 7.13. The first-order valence-electron chi connectivity index (χ1n) is 5.88. The molecule has 0 rings (SSSR count). The number of nitrogens with one attached hydrogen (secondary N) is 1. The van der Waals surface area contributed by atoms with Gasteiger partial charge in [-0.2, -0.15) is 0 Å². The number of aliphatic carboxylic acids is 1. The van der Waals surface area contributed by atoms with Gasteiger partial charge in [0.2, 0.25) is 0 Å². The third-order valence-corrected chi connectivity index (χ3v) is 3.95. The Balaban J connectivity index is 4.24. The Hall–Kier alpha value is -1.57. The number of hydrogen-bond acceptors (Lipinski definition) is 5. The molecule has 1 atom stereocenters. The van der Waals surface area contributed by atoms with Crippen LogP contribution in [0.2, 0.25) is 25.7 Å². The second kappa shape index (κ2) is 7.77. The van der Waals surface area contributed by atoms with Crippen LogP contribution in [0.15, 0.2) is 0 Å². The molecule has 0 saturated carbocycles. The molecular weight excluding hydrogens is 270 g/mol. The highest BCUT2D eigenvalue weighted by Crippen LogP contribution is 2.07. The number of amides is 1. The number of carboxylic acid groups (broad SMARTS) is 1. The molecule has 0 spiro atoms. The van der Waals surface area contributed by atoms with Crippen molar-refractivity contribution in [3.05, 3.63) is 0 Å². The largest absolute Gasteiger partial charge is 0.481 e. The van der Waals surface area contributed by atoms with Gasteiger partial charge in [-0.25, -0.2) is 9.59 Å². The first-order valence-corrected chi connectivity index (χ1v) is 9.59. The molecule has 0 bridgehead atoms. The first kappa shape index (κ1) is 17.4. The molecule has 0 aliphatic carbocycles. The minimum absolute atomic E-state index is 0.252. The van der Waals surface area contributed by atoms with E-state index in [0.717, 1.165) is 13.2 Å². The summed E-state index contributed by atoms with van der Waals surface area (Å²) in [7, 11) is -0.189. The first-order chi connectivity index (χ1) is 8.65. The van der Waals surface area contributed by atoms with E-state index < -0.39 is 38.6 Å². The molecule has 2 N–H and O–H groups in total. The summed E-state index contributed by atoms with van der Waals surface area (Å²) in [5.74, 6) is -2.03. The minimum Gasteiger partial charge on any atom is -0.481 e. The summed E-state index contributed by atoms with van der Waals surface area (Å²) in [5.41, 5.74) is 0. The highest BCUT2D eigenvalue weighted by Gasteiger charge is 2.25. The molecule has 1 amide bonds. The summed E-state index contributed by atoms with van der Waals surface area (Å²) in [6.45, 7) is 6.66. The highest BCUT2D eigenvalue weighted by atomic mass is 28.3. The minimum atomic E-state index is -1.31. The molecule has 0 aliphatic rings. The molecule has 0 aromatic carbocycles. The van der Waals surface area contributed by atoms with Crippen LogP contribution in [0.25, 0.3) is 0 Å². The molecule has 19 heavy (non-hydrogen) atoms. The SMILES string of the molecule is COC(=O)C(CC(=O)O)NC(=O)OCC[Si](C)(C)C. The molecule has 8 heteroatoms. The van der Waals surface area contributed by atoms with Gasteiger partial charge in [0.25, 0.3) is 0 Å². The van der Waals surface area contributed by atoms with Crippen LogP contribution in [0.4, 0.5) is 4.79 Å². The fraction of sp³-hybridized carbons (Fsp3) is 0.727. The Morgan fingerprint density at radius 1 is 1.26 bits per heavy atom. The monoisotopic (exact) mass is 291 g/mol. The quantitative estimate of drug-likeness (QED) is 0.537. The van der Waals surface area contributed by atoms with Gasteiger partial charge >= 0.3 is 18.0 Å². The van der Waals surface area contributed by atoms with Gasteiger partial charge in [-0.15, -0.1) is 0 Å². The van der Waals surface area contributed by atoms with Gasteiger partial charge in [0.15, 0.2) is 0 Å². The average molecular weight is 291 g/mol. The Morgan fingerprint density at radius 3 is 2.26 bits per heavy atom. The molecule has 7 nitrogen and oxygen atoms in total. The lowest BCUT2D eigenvalue weighted by molar-refractivity contribution is -0.148. The van der Waals surface area contributed by atoms with Crippen molar-refractivity contribution in [1.82, 2.24) is 5.32 Å². The molecule has 0 aromatic heterocycles. The lowest BCUT2D eigenvalue weighted by atomic mass is 10.2. The number of carbonyl (C=O) groups is 3. The van der Waals surface area contributed by atoms with Crippen LogP contribution in [0.1, 0.15) is 6.42 Å². The number of alkyl carbamates (subject to hydrolysis) is 1. The van der Waals surface area contributed by atoms with Gasteiger partial charge in [0.1, 0.15) is 6.04 Å². The number of esters is 1. The predicted molar refractivity (Wildman–Crippen MR) is 70.7 cm³/mol. The topological polar surface area (TPSA) is 102 Å². The van der Waals surface area contributed by atoms with Crippen molar-refractivity contribution in [3.63, 3.8) is 0 Å². The summed E-state index contributed by atoms with van der Waals surface area (Å²) in [6.07, 6.45) is -1.36. The van der Waals surface area contributed by atoms with Crippen LogP contribution in [-0.4, -0.2) is 51.0 Å². The highest BCUT2D eigenvalue weighted by molar-refractivity contribution is 6.76. The third-order valence-electron chi connectivity index (χ3n) is 2.24. The fourth-order valence-electron chi connectivity index (χ4n) is 1.14. The van der Waals surface area contributed by atoms with Crippen LogP contribution in [-0.2, 0) is 19.1 Å². The number of ether oxygens (including phenoxy) is 2. The smallest absolute Gasteiger partial charge is 0.407 e. The molecular formula is C11H21NO6Si. The Labute approximate surface area is 113 Å². The zero-order valence-electron chi connectivity index (χ0n) is 11.7. The van der Waals surface area contributed by atoms with Crippen molar-refractivity contribution in [3.8, 4) is 0 Å². The van der Waals surface area contributed by atoms with E-state index in [0.29, 0.717) is 0 Å². The van der Waals surface area contributed by atoms with Crippen molar-refractivity contribution in [2.24, 2.45) is 0 Å². The molecule has 0 radical (unpaired) electrons. The van der Waals surface area contributed by atoms with E-state index in [2.05, 4.69) is 29.7 Å². The number of carboxylic acids is 1. The molecule has 1 unspecified atom stereocenters. The lowest BCUT2D eigenvalue weighted by Crippen LogP contribution is -2.43. The van der Waals surface area contributed by atoms with Crippen molar-refractivity contribution < 1.29 is 29.0 Å². The van der Waals surface area contributed by atoms with Crippen LogP contribution >= 0.6 is 0 Å². The van der Waals surface area contributed by atoms with Crippen molar-refractivity contribution in [1.29, 1.82) is 0 Å². The summed E-state index contributed by atoms with van der Waals surface area (Å²) in [5, 5.41) is 10.8. The number of rotatable bonds is 7. The fourth-order valence-corrected chi connectivity index (χ4v) is 1.86. The number of carbonyl (C=O) groups excluding carboxylic acids is 2. The van der Waals surface area contributed by atoms with E-state index in [4.69, 9.17) is 9.84 Å². The molecule has 0 heterocycles. The number of methoxy groups -OCH3 is 1. The standard InChI is InChI=1S/C11H21NO6Si/c1-17-10(15)8(7-9(13)14)12-11(16)18-5-6-19(2,3)4/h8H,5-7H2,1-4H3,(H,12,16)(H,13,14). The maximum atomic E-state index is 11.4. The maximum Gasteiger partial charge on any atom is 0.407 e. The summed E-state index contributed by atoms with van der Waals surface area (Å²) < 4.78 is 9.32. The summed E-state index contributed by atoms with van der Waals surface area (Å²) >= 11 is 0. The van der Waals surface area contributed by atoms with Gasteiger partial charge in [-0.05, 0) is 6.04 Å². The molecule has 0 saturated heterocycles. The van der Waals surface area contributed by atoms with Crippen LogP contribution < -0.4 is 5.32 Å². The average Bonchev–Trinajstić information content (AvgIpc) is 2.24. The normalized spacial score (nSPS) is 12.4. The van der Waals surface area contributed by atoms with Gasteiger partial charge in [0.05, 0.1) is 20.1 Å². The van der Waals surface area contributed by atoms with Gasteiger partial charge in [-0.3, -0.25) is 4.79 Å². The molecule has 0 fully saturated rings. The zero-order valence-corrected chi connectivity index (χ0v) is 12.7. The Bertz CT molecular complexity index is 339. The maximum absolute atomic E-state index is 11.4. The van der Waals surface area contributed by atoms with E-state index in [1.165, 1.54) is 0 Å². The number of hydrogen-bond donors (Lipinski definition) is 2. The molecule has 0 aliphatic heterocycles. The molecule has 110 valence electrons. The molecule has 0 aromatic rings. The lowest BCUT2D eigenvalue weighted by Gasteiger charge is -2.17. The second-order valence-corrected chi connectivity index (χ2v) is 10.9. The summed E-state index contributed by atoms with van der Waals surface area (Å²) in [6, 6.07) is -0.440. The van der Waals surface area contributed by atoms with Crippen LogP contribution in [0, 0.1) is 0 Å². The second-order valence-electron chi connectivity index (χ2n) is 5.26. The van der Waals surface area contributed by atoms with E-state index in [9.17, 15) is 14.4 Å². The van der Waals surface area contributed by atoms with Gasteiger partial charge in [-0.1, -0.05) is 19.6 Å². The zero-order chi connectivity index (χ0) is 15.1. The van der Waals surface area contributed by atoms with E-state index >= 15 is 0 Å². The predicted octanol–water partition coefficient (Wildman–Crippen LogP) is 1.07. The van der Waals surface area contributed by atoms with E-state index in [-0.39, 0.29) is 6.61 Å². The van der Waals surface area contributed by atoms with Crippen LogP contribution in [0.3, 0.4) is 0 Å². The van der Waals surface area contributed by atoms with Crippen LogP contribution in [0.5, 0.6) is 0 Å². The van der Waals surface area contributed by atoms with Crippen molar-refractivity contribution in [2.75, 3.05) is 13.7 Å². The van der Waals surface area contributed by atoms with E-state index in [1.807, 2.05) is 0 Å². The van der Waals surface area contributed by atoms with Crippen molar-refractivity contribution >= 4 is 26.1 Å². The van der Waals surface area contributed by atoms with Gasteiger partial charge < -0.3 is 19.9 Å². The third kappa shape index (κ3) is 9.06. The van der Waals surface area contributed by atoms with Gasteiger partial charge in [0, 0.05) is 8.07 Å². The van der Waals surface area contributed by atoms with Crippen molar-refractivity contribution in [2.45, 2.75) is 38.1 Å². The Morgan fingerprint density at radius 2 is 1.84 bits per heavy atom. The van der Waals surface area contributed by atoms with E-state index in [1.54, 1.807) is 0 Å².